The van der Waals surface area contributed by atoms with E-state index in [2.05, 4.69) is 11.8 Å². The standard InChI is InChI=1S/C17H14ClF2NO2/c1-2-3-10-23-13-6-4-12(5-7-13)15-9-8-14(18)17(22)21(15)11-16(19)20/h4-9,16H,10-11H2,1H3. The molecule has 0 bridgehead atoms. The summed E-state index contributed by atoms with van der Waals surface area (Å²) in [6.07, 6.45) is -2.65. The third kappa shape index (κ3) is 4.33. The molecule has 2 aromatic rings. The molecule has 120 valence electrons. The first kappa shape index (κ1) is 17.0. The van der Waals surface area contributed by atoms with Crippen molar-refractivity contribution in [1.82, 2.24) is 4.57 Å². The second-order valence-electron chi connectivity index (χ2n) is 4.61. The maximum Gasteiger partial charge on any atom is 0.269 e. The Kier molecular flexibility index (Phi) is 5.78. The minimum Gasteiger partial charge on any atom is -0.481 e. The third-order valence-electron chi connectivity index (χ3n) is 3.09. The van der Waals surface area contributed by atoms with Crippen LogP contribution in [0.5, 0.6) is 5.75 Å². The Balaban J connectivity index is 2.35. The number of pyridine rings is 1. The summed E-state index contributed by atoms with van der Waals surface area (Å²) in [4.78, 5) is 12.0. The molecule has 0 fully saturated rings. The number of alkyl halides is 2. The Morgan fingerprint density at radius 1 is 1.22 bits per heavy atom. The number of halogens is 3. The van der Waals surface area contributed by atoms with Gasteiger partial charge >= 0.3 is 0 Å². The molecule has 0 saturated heterocycles. The highest BCUT2D eigenvalue weighted by Gasteiger charge is 2.13. The van der Waals surface area contributed by atoms with Crippen molar-refractivity contribution in [2.45, 2.75) is 19.9 Å². The molecule has 23 heavy (non-hydrogen) atoms. The van der Waals surface area contributed by atoms with Crippen LogP contribution >= 0.6 is 11.6 Å². The Labute approximate surface area is 137 Å². The molecule has 0 atom stereocenters. The van der Waals surface area contributed by atoms with Gasteiger partial charge in [-0.1, -0.05) is 17.5 Å². The van der Waals surface area contributed by atoms with Gasteiger partial charge in [0.05, 0.1) is 12.2 Å². The molecule has 0 spiro atoms. The maximum atomic E-state index is 12.7. The number of hydrogen-bond donors (Lipinski definition) is 0. The lowest BCUT2D eigenvalue weighted by molar-refractivity contribution is 0.126. The van der Waals surface area contributed by atoms with Crippen LogP contribution in [0.4, 0.5) is 8.78 Å². The average molecular weight is 338 g/mol. The SMILES string of the molecule is CC#CCOc1ccc(-c2ccc(Cl)c(=O)n2CC(F)F)cc1. The molecule has 0 aliphatic rings. The molecule has 6 heteroatoms. The lowest BCUT2D eigenvalue weighted by Crippen LogP contribution is -2.25. The van der Waals surface area contributed by atoms with Crippen LogP contribution in [0.2, 0.25) is 5.02 Å². The van der Waals surface area contributed by atoms with Crippen molar-refractivity contribution >= 4 is 11.6 Å². The summed E-state index contributed by atoms with van der Waals surface area (Å²) in [6.45, 7) is 1.28. The molecule has 0 radical (unpaired) electrons. The number of benzene rings is 1. The molecule has 0 aliphatic heterocycles. The topological polar surface area (TPSA) is 31.2 Å². The van der Waals surface area contributed by atoms with Gasteiger partial charge in [-0.2, -0.15) is 0 Å². The molecule has 3 nitrogen and oxygen atoms in total. The maximum absolute atomic E-state index is 12.7. The summed E-state index contributed by atoms with van der Waals surface area (Å²) in [5.74, 6) is 6.09. The second kappa shape index (κ2) is 7.80. The first-order chi connectivity index (χ1) is 11.0. The number of nitrogens with zero attached hydrogens (tertiary/aromatic N) is 1. The zero-order chi connectivity index (χ0) is 16.8. The van der Waals surface area contributed by atoms with Crippen molar-refractivity contribution in [1.29, 1.82) is 0 Å². The highest BCUT2D eigenvalue weighted by molar-refractivity contribution is 6.30. The van der Waals surface area contributed by atoms with Crippen molar-refractivity contribution < 1.29 is 13.5 Å². The highest BCUT2D eigenvalue weighted by atomic mass is 35.5. The summed E-state index contributed by atoms with van der Waals surface area (Å²) in [6, 6.07) is 9.72. The number of ether oxygens (including phenoxy) is 1. The normalized spacial score (nSPS) is 10.3. The Hall–Kier alpha value is -2.32. The fraction of sp³-hybridized carbons (Fsp3) is 0.235. The Morgan fingerprint density at radius 2 is 1.91 bits per heavy atom. The summed E-state index contributed by atoms with van der Waals surface area (Å²) < 4.78 is 31.8. The lowest BCUT2D eigenvalue weighted by atomic mass is 10.1. The van der Waals surface area contributed by atoms with Crippen LogP contribution in [-0.2, 0) is 6.54 Å². The fourth-order valence-corrected chi connectivity index (χ4v) is 2.20. The van der Waals surface area contributed by atoms with E-state index in [1.807, 2.05) is 0 Å². The molecule has 1 aromatic carbocycles. The molecular formula is C17H14ClF2NO2. The van der Waals surface area contributed by atoms with Crippen molar-refractivity contribution in [3.63, 3.8) is 0 Å². The van der Waals surface area contributed by atoms with Crippen LogP contribution in [0.15, 0.2) is 41.2 Å². The Morgan fingerprint density at radius 3 is 2.52 bits per heavy atom. The van der Waals surface area contributed by atoms with Gasteiger partial charge in [-0.15, -0.1) is 5.92 Å². The van der Waals surface area contributed by atoms with E-state index in [-0.39, 0.29) is 11.6 Å². The Bertz CT molecular complexity index is 789. The fourth-order valence-electron chi connectivity index (χ4n) is 2.04. The minimum atomic E-state index is -2.65. The summed E-state index contributed by atoms with van der Waals surface area (Å²) in [5, 5.41) is -0.0903. The molecule has 0 aliphatic carbocycles. The molecule has 0 amide bonds. The first-order valence-corrected chi connectivity index (χ1v) is 7.21. The van der Waals surface area contributed by atoms with Gasteiger partial charge in [0.1, 0.15) is 17.4 Å². The van der Waals surface area contributed by atoms with Crippen molar-refractivity contribution in [2.75, 3.05) is 6.61 Å². The monoisotopic (exact) mass is 337 g/mol. The summed E-state index contributed by atoms with van der Waals surface area (Å²) >= 11 is 5.74. The van der Waals surface area contributed by atoms with Gasteiger partial charge in [-0.05, 0) is 48.9 Å². The summed E-state index contributed by atoms with van der Waals surface area (Å²) in [7, 11) is 0. The van der Waals surface area contributed by atoms with E-state index in [4.69, 9.17) is 16.3 Å². The van der Waals surface area contributed by atoms with Gasteiger partial charge in [-0.25, -0.2) is 8.78 Å². The van der Waals surface area contributed by atoms with Crippen LogP contribution in [0.1, 0.15) is 6.92 Å². The van der Waals surface area contributed by atoms with Gasteiger partial charge in [0.15, 0.2) is 0 Å². The van der Waals surface area contributed by atoms with Crippen LogP contribution in [0.3, 0.4) is 0 Å². The van der Waals surface area contributed by atoms with Crippen LogP contribution in [-0.4, -0.2) is 17.6 Å². The van der Waals surface area contributed by atoms with Crippen LogP contribution < -0.4 is 10.3 Å². The molecule has 0 unspecified atom stereocenters. The lowest BCUT2D eigenvalue weighted by Gasteiger charge is -2.13. The zero-order valence-corrected chi connectivity index (χ0v) is 13.1. The van der Waals surface area contributed by atoms with Gasteiger partial charge in [-0.3, -0.25) is 4.79 Å². The van der Waals surface area contributed by atoms with E-state index in [0.717, 1.165) is 4.57 Å². The van der Waals surface area contributed by atoms with E-state index in [1.165, 1.54) is 6.07 Å². The van der Waals surface area contributed by atoms with Crippen molar-refractivity contribution in [3.8, 4) is 28.8 Å². The van der Waals surface area contributed by atoms with Crippen LogP contribution in [0.25, 0.3) is 11.3 Å². The highest BCUT2D eigenvalue weighted by Crippen LogP contribution is 2.23. The van der Waals surface area contributed by atoms with Gasteiger partial charge in [0.2, 0.25) is 0 Å². The third-order valence-corrected chi connectivity index (χ3v) is 3.37. The average Bonchev–Trinajstić information content (AvgIpc) is 2.53. The van der Waals surface area contributed by atoms with E-state index in [0.29, 0.717) is 17.0 Å². The van der Waals surface area contributed by atoms with Gasteiger partial charge in [0.25, 0.3) is 12.0 Å². The largest absolute Gasteiger partial charge is 0.481 e. The van der Waals surface area contributed by atoms with E-state index < -0.39 is 18.5 Å². The van der Waals surface area contributed by atoms with Crippen LogP contribution in [0, 0.1) is 11.8 Å². The molecule has 0 saturated carbocycles. The molecule has 1 aromatic heterocycles. The van der Waals surface area contributed by atoms with Crippen molar-refractivity contribution in [2.24, 2.45) is 0 Å². The quantitative estimate of drug-likeness (QED) is 0.776. The van der Waals surface area contributed by atoms with E-state index in [9.17, 15) is 13.6 Å². The second-order valence-corrected chi connectivity index (χ2v) is 5.02. The first-order valence-electron chi connectivity index (χ1n) is 6.83. The zero-order valence-electron chi connectivity index (χ0n) is 12.4. The van der Waals surface area contributed by atoms with E-state index >= 15 is 0 Å². The molecule has 2 rings (SSSR count). The van der Waals surface area contributed by atoms with E-state index in [1.54, 1.807) is 37.3 Å². The molecule has 0 N–H and O–H groups in total. The van der Waals surface area contributed by atoms with Gasteiger partial charge < -0.3 is 9.30 Å². The summed E-state index contributed by atoms with van der Waals surface area (Å²) in [5.41, 5.74) is 0.357. The number of aromatic nitrogens is 1. The number of rotatable bonds is 5. The van der Waals surface area contributed by atoms with Crippen molar-refractivity contribution in [3.05, 3.63) is 51.8 Å². The predicted molar refractivity (Wildman–Crippen MR) is 86.1 cm³/mol. The molecule has 1 heterocycles. The minimum absolute atomic E-state index is 0.0903. The number of hydrogen-bond acceptors (Lipinski definition) is 2. The smallest absolute Gasteiger partial charge is 0.269 e. The predicted octanol–water partition coefficient (Wildman–Crippen LogP) is 3.84. The molecular weight excluding hydrogens is 324 g/mol. The van der Waals surface area contributed by atoms with Gasteiger partial charge in [0, 0.05) is 0 Å².